The number of ether oxygens (including phenoxy) is 1. The number of rotatable bonds is 3. The lowest BCUT2D eigenvalue weighted by Gasteiger charge is -2.05. The van der Waals surface area contributed by atoms with Crippen LogP contribution < -0.4 is 4.74 Å². The van der Waals surface area contributed by atoms with Crippen LogP contribution in [0.25, 0.3) is 0 Å². The summed E-state index contributed by atoms with van der Waals surface area (Å²) in [6.07, 6.45) is 0. The molecule has 5 heteroatoms. The summed E-state index contributed by atoms with van der Waals surface area (Å²) in [5.41, 5.74) is 0.885. The van der Waals surface area contributed by atoms with Gasteiger partial charge in [0.1, 0.15) is 0 Å². The third-order valence-corrected chi connectivity index (χ3v) is 2.79. The van der Waals surface area contributed by atoms with Crippen molar-refractivity contribution < 1.29 is 14.6 Å². The molecule has 70 valence electrons. The first-order valence-electron chi connectivity index (χ1n) is 3.36. The van der Waals surface area contributed by atoms with Gasteiger partial charge in [0, 0.05) is 9.80 Å². The lowest BCUT2D eigenvalue weighted by molar-refractivity contribution is -0.120. The van der Waals surface area contributed by atoms with Gasteiger partial charge in [-0.1, -0.05) is 31.9 Å². The smallest absolute Gasteiger partial charge is 0.298 e. The highest BCUT2D eigenvalue weighted by Gasteiger charge is 2.07. The number of phenolic OH excluding ortho intramolecular Hbond substituents is 1. The van der Waals surface area contributed by atoms with Crippen LogP contribution in [0.5, 0.6) is 11.5 Å². The molecule has 0 aliphatic rings. The zero-order valence-electron chi connectivity index (χ0n) is 6.46. The topological polar surface area (TPSA) is 46.5 Å². The van der Waals surface area contributed by atoms with Gasteiger partial charge >= 0.3 is 0 Å². The molecular weight excluding hydrogens is 304 g/mol. The average Bonchev–Trinajstić information content (AvgIpc) is 2.11. The van der Waals surface area contributed by atoms with E-state index in [-0.39, 0.29) is 18.0 Å². The van der Waals surface area contributed by atoms with Crippen LogP contribution in [0.3, 0.4) is 0 Å². The Bertz CT molecular complexity index is 325. The maximum Gasteiger partial charge on any atom is 0.298 e. The van der Waals surface area contributed by atoms with Gasteiger partial charge in [-0.3, -0.25) is 4.79 Å². The summed E-state index contributed by atoms with van der Waals surface area (Å²) in [5.74, 6) is 0.0938. The van der Waals surface area contributed by atoms with Crippen LogP contribution in [0, 0.1) is 0 Å². The van der Waals surface area contributed by atoms with Crippen LogP contribution in [-0.2, 0) is 10.1 Å². The average molecular weight is 310 g/mol. The van der Waals surface area contributed by atoms with E-state index >= 15 is 0 Å². The van der Waals surface area contributed by atoms with E-state index in [9.17, 15) is 9.90 Å². The largest absolute Gasteiger partial charge is 0.504 e. The van der Waals surface area contributed by atoms with E-state index in [4.69, 9.17) is 0 Å². The molecule has 0 aliphatic carbocycles. The number of carbonyl (C=O) groups excluding carboxylic acids is 1. The molecule has 3 nitrogen and oxygen atoms in total. The number of hydrogen-bond acceptors (Lipinski definition) is 3. The molecule has 0 saturated heterocycles. The summed E-state index contributed by atoms with van der Waals surface area (Å²) in [7, 11) is 0. The number of aromatic hydroxyl groups is 1. The molecule has 0 unspecified atom stereocenters. The van der Waals surface area contributed by atoms with Gasteiger partial charge in [0.2, 0.25) is 0 Å². The number of phenols is 1. The van der Waals surface area contributed by atoms with Crippen molar-refractivity contribution in [1.82, 2.24) is 0 Å². The Morgan fingerprint density at radius 2 is 2.23 bits per heavy atom. The molecule has 0 bridgehead atoms. The highest BCUT2D eigenvalue weighted by Crippen LogP contribution is 2.33. The highest BCUT2D eigenvalue weighted by molar-refractivity contribution is 9.10. The van der Waals surface area contributed by atoms with Crippen LogP contribution in [0.1, 0.15) is 5.56 Å². The molecule has 0 aromatic heterocycles. The van der Waals surface area contributed by atoms with Crippen molar-refractivity contribution in [2.24, 2.45) is 0 Å². The fourth-order valence-corrected chi connectivity index (χ4v) is 2.14. The fourth-order valence-electron chi connectivity index (χ4n) is 0.835. The van der Waals surface area contributed by atoms with E-state index < -0.39 is 0 Å². The molecule has 0 saturated carbocycles. The Balaban J connectivity index is 3.12. The van der Waals surface area contributed by atoms with Crippen LogP contribution in [-0.4, -0.2) is 11.6 Å². The Labute approximate surface area is 92.0 Å². The van der Waals surface area contributed by atoms with Gasteiger partial charge in [-0.25, -0.2) is 0 Å². The van der Waals surface area contributed by atoms with Gasteiger partial charge in [0.05, 0.1) is 0 Å². The summed E-state index contributed by atoms with van der Waals surface area (Å²) in [5, 5.41) is 9.97. The minimum atomic E-state index is -0.0512. The Hall–Kier alpha value is -0.550. The zero-order valence-corrected chi connectivity index (χ0v) is 9.63. The third-order valence-electron chi connectivity index (χ3n) is 1.45. The van der Waals surface area contributed by atoms with Gasteiger partial charge in [-0.15, -0.1) is 0 Å². The summed E-state index contributed by atoms with van der Waals surface area (Å²) in [6.45, 7) is 0.273. The number of benzene rings is 1. The van der Waals surface area contributed by atoms with Crippen LogP contribution in [0.15, 0.2) is 16.6 Å². The number of hydrogen-bond donors (Lipinski definition) is 1. The van der Waals surface area contributed by atoms with E-state index in [0.29, 0.717) is 5.33 Å². The molecule has 1 aromatic carbocycles. The molecule has 0 amide bonds. The second kappa shape index (κ2) is 4.62. The minimum absolute atomic E-state index is 0.0512. The molecule has 0 spiro atoms. The van der Waals surface area contributed by atoms with Crippen molar-refractivity contribution in [2.45, 2.75) is 5.33 Å². The van der Waals surface area contributed by atoms with Crippen molar-refractivity contribution in [3.8, 4) is 11.5 Å². The Morgan fingerprint density at radius 3 is 2.77 bits per heavy atom. The minimum Gasteiger partial charge on any atom is -0.504 e. The lowest BCUT2D eigenvalue weighted by atomic mass is 10.2. The van der Waals surface area contributed by atoms with E-state index in [0.717, 1.165) is 10.0 Å². The van der Waals surface area contributed by atoms with E-state index in [1.807, 2.05) is 0 Å². The van der Waals surface area contributed by atoms with E-state index in [1.165, 1.54) is 6.07 Å². The first-order chi connectivity index (χ1) is 6.19. The molecule has 1 aromatic rings. The predicted molar refractivity (Wildman–Crippen MR) is 55.1 cm³/mol. The first kappa shape index (κ1) is 10.5. The lowest BCUT2D eigenvalue weighted by Crippen LogP contribution is -1.90. The zero-order chi connectivity index (χ0) is 9.84. The van der Waals surface area contributed by atoms with Crippen molar-refractivity contribution in [1.29, 1.82) is 0 Å². The maximum absolute atomic E-state index is 10.0. The molecule has 0 radical (unpaired) electrons. The van der Waals surface area contributed by atoms with Gasteiger partial charge in [0.15, 0.2) is 11.5 Å². The van der Waals surface area contributed by atoms with Crippen LogP contribution in [0.2, 0.25) is 0 Å². The number of halogens is 2. The molecular formula is C8H6Br2O3. The summed E-state index contributed by atoms with van der Waals surface area (Å²) >= 11 is 6.53. The maximum atomic E-state index is 10.0. The second-order valence-electron chi connectivity index (χ2n) is 2.26. The van der Waals surface area contributed by atoms with Gasteiger partial charge in [0.25, 0.3) is 6.47 Å². The number of alkyl halides is 1. The van der Waals surface area contributed by atoms with Crippen LogP contribution >= 0.6 is 31.9 Å². The Kier molecular flexibility index (Phi) is 3.74. The molecule has 0 fully saturated rings. The highest BCUT2D eigenvalue weighted by atomic mass is 79.9. The predicted octanol–water partition coefficient (Wildman–Crippen LogP) is 2.58. The normalized spacial score (nSPS) is 9.69. The van der Waals surface area contributed by atoms with Gasteiger partial charge < -0.3 is 9.84 Å². The summed E-state index contributed by atoms with van der Waals surface area (Å²) in [6, 6.07) is 3.07. The monoisotopic (exact) mass is 308 g/mol. The van der Waals surface area contributed by atoms with E-state index in [2.05, 4.69) is 36.6 Å². The quantitative estimate of drug-likeness (QED) is 0.689. The van der Waals surface area contributed by atoms with Gasteiger partial charge in [-0.2, -0.15) is 0 Å². The molecule has 0 aliphatic heterocycles. The molecule has 0 heterocycles. The molecule has 0 atom stereocenters. The fraction of sp³-hybridized carbons (Fsp3) is 0.125. The molecule has 13 heavy (non-hydrogen) atoms. The third kappa shape index (κ3) is 2.45. The van der Waals surface area contributed by atoms with E-state index in [1.54, 1.807) is 6.07 Å². The summed E-state index contributed by atoms with van der Waals surface area (Å²) < 4.78 is 5.32. The molecule has 1 rings (SSSR count). The second-order valence-corrected chi connectivity index (χ2v) is 3.67. The molecule has 1 N–H and O–H groups in total. The number of carbonyl (C=O) groups is 1. The van der Waals surface area contributed by atoms with Crippen molar-refractivity contribution in [2.75, 3.05) is 0 Å². The summed E-state index contributed by atoms with van der Waals surface area (Å²) in [4.78, 5) is 10.0. The van der Waals surface area contributed by atoms with Crippen molar-refractivity contribution in [3.63, 3.8) is 0 Å². The first-order valence-corrected chi connectivity index (χ1v) is 5.28. The Morgan fingerprint density at radius 1 is 1.54 bits per heavy atom. The standard InChI is InChI=1S/C8H6Br2O3/c9-3-5-1-7(12)8(13-4-11)2-6(5)10/h1-2,4,12H,3H2. The SMILES string of the molecule is O=COc1cc(Br)c(CBr)cc1O. The van der Waals surface area contributed by atoms with Crippen molar-refractivity contribution in [3.05, 3.63) is 22.2 Å². The van der Waals surface area contributed by atoms with Crippen molar-refractivity contribution >= 4 is 38.3 Å². The van der Waals surface area contributed by atoms with Gasteiger partial charge in [-0.05, 0) is 17.7 Å². The van der Waals surface area contributed by atoms with Crippen LogP contribution in [0.4, 0.5) is 0 Å².